The quantitative estimate of drug-likeness (QED) is 0.342. The number of rotatable bonds is 5. The third-order valence-corrected chi connectivity index (χ3v) is 8.35. The Bertz CT molecular complexity index is 1340. The van der Waals surface area contributed by atoms with Crippen LogP contribution in [0.25, 0.3) is 0 Å². The molecule has 5 rings (SSSR count). The molecule has 1 N–H and O–H groups in total. The molecule has 210 valence electrons. The standard InChI is InChI=1S/C29H33N5O6/c1-17(2)19-6-10-21(11-7-19)30-29(38)31-15-4-5-24(31)28(37)32-16-14-23-25(32)18(3)26(35)33(23)27(36)20-8-12-22(13-9-20)34(39)40/h6-13,17-18,23-25H,4-5,14-16H2,1-3H3,(H,30,38)/t18-,23-,24-,25+/m0/s1. The maximum absolute atomic E-state index is 13.8. The Balaban J connectivity index is 1.29. The predicted molar refractivity (Wildman–Crippen MR) is 147 cm³/mol. The fourth-order valence-electron chi connectivity index (χ4n) is 6.19. The van der Waals surface area contributed by atoms with E-state index < -0.39 is 34.9 Å². The number of fused-ring (bicyclic) bond motifs is 1. The van der Waals surface area contributed by atoms with Crippen molar-refractivity contribution in [1.82, 2.24) is 14.7 Å². The van der Waals surface area contributed by atoms with Gasteiger partial charge in [0.15, 0.2) is 0 Å². The average Bonchev–Trinajstić information content (AvgIpc) is 3.65. The van der Waals surface area contributed by atoms with Crippen molar-refractivity contribution in [2.75, 3.05) is 18.4 Å². The maximum Gasteiger partial charge on any atom is 0.322 e. The van der Waals surface area contributed by atoms with Crippen LogP contribution in [0.3, 0.4) is 0 Å². The number of carbonyl (C=O) groups excluding carboxylic acids is 4. The first-order valence-electron chi connectivity index (χ1n) is 13.7. The summed E-state index contributed by atoms with van der Waals surface area (Å²) < 4.78 is 0. The maximum atomic E-state index is 13.8. The molecule has 0 aliphatic carbocycles. The van der Waals surface area contributed by atoms with Crippen LogP contribution in [-0.2, 0) is 9.59 Å². The van der Waals surface area contributed by atoms with Crippen molar-refractivity contribution in [2.45, 2.75) is 64.1 Å². The van der Waals surface area contributed by atoms with E-state index >= 15 is 0 Å². The molecule has 3 fully saturated rings. The summed E-state index contributed by atoms with van der Waals surface area (Å²) in [5.41, 5.74) is 1.85. The first kappa shape index (κ1) is 27.3. The summed E-state index contributed by atoms with van der Waals surface area (Å²) >= 11 is 0. The van der Waals surface area contributed by atoms with Gasteiger partial charge in [0.25, 0.3) is 11.6 Å². The number of likely N-dealkylation sites (tertiary alicyclic amines) is 3. The van der Waals surface area contributed by atoms with E-state index in [4.69, 9.17) is 0 Å². The molecule has 2 aromatic rings. The van der Waals surface area contributed by atoms with Crippen LogP contribution < -0.4 is 5.32 Å². The predicted octanol–water partition coefficient (Wildman–Crippen LogP) is 4.00. The van der Waals surface area contributed by atoms with E-state index in [0.29, 0.717) is 44.0 Å². The first-order chi connectivity index (χ1) is 19.1. The van der Waals surface area contributed by atoms with E-state index in [0.717, 1.165) is 5.56 Å². The second-order valence-corrected chi connectivity index (χ2v) is 11.0. The highest BCUT2D eigenvalue weighted by Gasteiger charge is 2.56. The van der Waals surface area contributed by atoms with Gasteiger partial charge in [-0.1, -0.05) is 32.9 Å². The monoisotopic (exact) mass is 547 g/mol. The number of carbonyl (C=O) groups is 4. The molecule has 3 saturated heterocycles. The van der Waals surface area contributed by atoms with Crippen LogP contribution in [0.5, 0.6) is 0 Å². The smallest absolute Gasteiger partial charge is 0.322 e. The summed E-state index contributed by atoms with van der Waals surface area (Å²) in [6, 6.07) is 10.8. The molecule has 0 aromatic heterocycles. The highest BCUT2D eigenvalue weighted by molar-refractivity contribution is 6.07. The third-order valence-electron chi connectivity index (χ3n) is 8.35. The molecule has 3 aliphatic rings. The van der Waals surface area contributed by atoms with Gasteiger partial charge >= 0.3 is 6.03 Å². The van der Waals surface area contributed by atoms with Gasteiger partial charge in [-0.3, -0.25) is 29.4 Å². The van der Waals surface area contributed by atoms with Crippen LogP contribution in [0.2, 0.25) is 0 Å². The molecule has 0 unspecified atom stereocenters. The average molecular weight is 548 g/mol. The lowest BCUT2D eigenvalue weighted by atomic mass is 10.0. The normalized spacial score (nSPS) is 24.0. The molecule has 5 amide bonds. The van der Waals surface area contributed by atoms with E-state index in [1.165, 1.54) is 29.2 Å². The van der Waals surface area contributed by atoms with Crippen molar-refractivity contribution >= 4 is 35.1 Å². The first-order valence-corrected chi connectivity index (χ1v) is 13.7. The summed E-state index contributed by atoms with van der Waals surface area (Å²) in [6.07, 6.45) is 1.66. The minimum Gasteiger partial charge on any atom is -0.335 e. The molecule has 40 heavy (non-hydrogen) atoms. The zero-order chi connectivity index (χ0) is 28.7. The Morgan fingerprint density at radius 3 is 2.27 bits per heavy atom. The second kappa shape index (κ2) is 10.7. The van der Waals surface area contributed by atoms with Gasteiger partial charge < -0.3 is 15.1 Å². The second-order valence-electron chi connectivity index (χ2n) is 11.0. The number of anilines is 1. The molecular weight excluding hydrogens is 514 g/mol. The number of hydrogen-bond acceptors (Lipinski definition) is 6. The lowest BCUT2D eigenvalue weighted by Gasteiger charge is -2.32. The Morgan fingerprint density at radius 2 is 1.65 bits per heavy atom. The van der Waals surface area contributed by atoms with E-state index in [1.807, 2.05) is 24.3 Å². The number of nitro benzene ring substituents is 1. The highest BCUT2D eigenvalue weighted by Crippen LogP contribution is 2.38. The summed E-state index contributed by atoms with van der Waals surface area (Å²) in [4.78, 5) is 68.4. The van der Waals surface area contributed by atoms with Gasteiger partial charge in [-0.05, 0) is 55.0 Å². The molecule has 11 heteroatoms. The third kappa shape index (κ3) is 4.80. The number of nitrogens with zero attached hydrogens (tertiary/aromatic N) is 4. The van der Waals surface area contributed by atoms with E-state index in [-0.39, 0.29) is 29.1 Å². The van der Waals surface area contributed by atoms with Crippen molar-refractivity contribution in [3.05, 3.63) is 69.8 Å². The SMILES string of the molecule is CC(C)c1ccc(NC(=O)N2CCC[C@H]2C(=O)N2CC[C@H]3[C@H]2[C@H](C)C(=O)N3C(=O)c2ccc([N+](=O)[O-])cc2)cc1. The van der Waals surface area contributed by atoms with Gasteiger partial charge in [0, 0.05) is 36.5 Å². The van der Waals surface area contributed by atoms with E-state index in [2.05, 4.69) is 19.2 Å². The van der Waals surface area contributed by atoms with Crippen molar-refractivity contribution in [3.63, 3.8) is 0 Å². The molecule has 2 aromatic carbocycles. The lowest BCUT2D eigenvalue weighted by molar-refractivity contribution is -0.384. The fourth-order valence-corrected chi connectivity index (χ4v) is 6.19. The van der Waals surface area contributed by atoms with E-state index in [1.54, 1.807) is 16.7 Å². The number of nitro groups is 1. The molecule has 3 heterocycles. The molecule has 0 bridgehead atoms. The Hall–Kier alpha value is -4.28. The van der Waals surface area contributed by atoms with Crippen LogP contribution in [-0.4, -0.2) is 74.6 Å². The van der Waals surface area contributed by atoms with Crippen molar-refractivity contribution in [3.8, 4) is 0 Å². The molecule has 3 aliphatic heterocycles. The lowest BCUT2D eigenvalue weighted by Crippen LogP contribution is -2.52. The summed E-state index contributed by atoms with van der Waals surface area (Å²) in [5.74, 6) is -1.33. The number of benzene rings is 2. The zero-order valence-electron chi connectivity index (χ0n) is 22.8. The topological polar surface area (TPSA) is 133 Å². The van der Waals surface area contributed by atoms with Crippen LogP contribution >= 0.6 is 0 Å². The minimum atomic E-state index is -0.643. The number of amides is 5. The summed E-state index contributed by atoms with van der Waals surface area (Å²) in [6.45, 7) is 6.74. The number of hydrogen-bond donors (Lipinski definition) is 1. The highest BCUT2D eigenvalue weighted by atomic mass is 16.6. The molecule has 0 spiro atoms. The molecule has 0 saturated carbocycles. The Labute approximate surface area is 232 Å². The van der Waals surface area contributed by atoms with Crippen LogP contribution in [0, 0.1) is 16.0 Å². The molecule has 4 atom stereocenters. The molecule has 11 nitrogen and oxygen atoms in total. The van der Waals surface area contributed by atoms with Gasteiger partial charge in [-0.2, -0.15) is 0 Å². The number of urea groups is 1. The largest absolute Gasteiger partial charge is 0.335 e. The Kier molecular flexibility index (Phi) is 7.31. The van der Waals surface area contributed by atoms with Crippen LogP contribution in [0.4, 0.5) is 16.2 Å². The van der Waals surface area contributed by atoms with Gasteiger partial charge in [-0.25, -0.2) is 4.79 Å². The van der Waals surface area contributed by atoms with Crippen molar-refractivity contribution in [2.24, 2.45) is 5.92 Å². The van der Waals surface area contributed by atoms with Crippen LogP contribution in [0.1, 0.15) is 61.9 Å². The van der Waals surface area contributed by atoms with Crippen LogP contribution in [0.15, 0.2) is 48.5 Å². The molecule has 0 radical (unpaired) electrons. The Morgan fingerprint density at radius 1 is 0.975 bits per heavy atom. The number of imide groups is 1. The van der Waals surface area contributed by atoms with Gasteiger partial charge in [0.1, 0.15) is 6.04 Å². The number of nitrogens with one attached hydrogen (secondary N) is 1. The van der Waals surface area contributed by atoms with Gasteiger partial charge in [0.2, 0.25) is 11.8 Å². The summed E-state index contributed by atoms with van der Waals surface area (Å²) in [5, 5.41) is 13.9. The fraction of sp³-hybridized carbons (Fsp3) is 0.448. The zero-order valence-corrected chi connectivity index (χ0v) is 22.8. The number of non-ortho nitro benzene ring substituents is 1. The molecular formula is C29H33N5O6. The van der Waals surface area contributed by atoms with E-state index in [9.17, 15) is 29.3 Å². The van der Waals surface area contributed by atoms with Gasteiger partial charge in [0.05, 0.1) is 22.9 Å². The van der Waals surface area contributed by atoms with Gasteiger partial charge in [-0.15, -0.1) is 0 Å². The van der Waals surface area contributed by atoms with Crippen molar-refractivity contribution in [1.29, 1.82) is 0 Å². The van der Waals surface area contributed by atoms with Crippen molar-refractivity contribution < 1.29 is 24.1 Å². The minimum absolute atomic E-state index is 0.147. The summed E-state index contributed by atoms with van der Waals surface area (Å²) in [7, 11) is 0.